The lowest BCUT2D eigenvalue weighted by molar-refractivity contribution is 0.0378. The van der Waals surface area contributed by atoms with E-state index in [1.807, 2.05) is 52.8 Å². The van der Waals surface area contributed by atoms with Gasteiger partial charge in [0.25, 0.3) is 5.91 Å². The van der Waals surface area contributed by atoms with Crippen LogP contribution in [0, 0.1) is 13.8 Å². The first-order valence-electron chi connectivity index (χ1n) is 11.4. The van der Waals surface area contributed by atoms with E-state index in [1.54, 1.807) is 42.6 Å². The van der Waals surface area contributed by atoms with Crippen LogP contribution in [0.3, 0.4) is 0 Å². The molecule has 0 aliphatic rings. The van der Waals surface area contributed by atoms with E-state index in [-0.39, 0.29) is 18.0 Å². The summed E-state index contributed by atoms with van der Waals surface area (Å²) in [7, 11) is 0. The van der Waals surface area contributed by atoms with E-state index >= 15 is 0 Å². The zero-order valence-electron chi connectivity index (χ0n) is 20.3. The van der Waals surface area contributed by atoms with Crippen molar-refractivity contribution in [3.63, 3.8) is 0 Å². The fourth-order valence-electron chi connectivity index (χ4n) is 3.49. The molecular weight excluding hydrogens is 430 g/mol. The van der Waals surface area contributed by atoms with Crippen LogP contribution < -0.4 is 10.2 Å². The predicted octanol–water partition coefficient (Wildman–Crippen LogP) is 5.21. The number of hydrogen-bond donors (Lipinski definition) is 1. The molecule has 0 saturated heterocycles. The molecular formula is C27H31N3O4. The van der Waals surface area contributed by atoms with E-state index in [0.29, 0.717) is 17.7 Å². The monoisotopic (exact) mass is 461 g/mol. The second kappa shape index (κ2) is 11.3. The Bertz CT molecular complexity index is 1160. The van der Waals surface area contributed by atoms with Gasteiger partial charge in [0.15, 0.2) is 0 Å². The number of rotatable bonds is 9. The lowest BCUT2D eigenvalue weighted by atomic mass is 10.2. The van der Waals surface area contributed by atoms with Crippen molar-refractivity contribution in [1.82, 2.24) is 9.99 Å². The smallest absolute Gasteiger partial charge is 0.338 e. The standard InChI is InChI=1S/C27H31N3O4/c1-6-15-33-25-13-9-21(10-14-25)26(31)29-28-17-23-16-19(4)30(20(23)5)24-11-7-22(8-12-24)27(32)34-18(2)3/h7-14,16-18H,6,15H2,1-5H3,(H,29,31)/b28-17+. The van der Waals surface area contributed by atoms with Crippen molar-refractivity contribution in [1.29, 1.82) is 0 Å². The second-order valence-electron chi connectivity index (χ2n) is 8.23. The van der Waals surface area contributed by atoms with Gasteiger partial charge in [0.05, 0.1) is 24.5 Å². The Balaban J connectivity index is 1.68. The van der Waals surface area contributed by atoms with E-state index in [1.165, 1.54) is 0 Å². The highest BCUT2D eigenvalue weighted by molar-refractivity contribution is 5.95. The summed E-state index contributed by atoms with van der Waals surface area (Å²) in [6.45, 7) is 10.3. The van der Waals surface area contributed by atoms with Gasteiger partial charge < -0.3 is 14.0 Å². The highest BCUT2D eigenvalue weighted by atomic mass is 16.5. The Labute approximate surface area is 200 Å². The highest BCUT2D eigenvalue weighted by Gasteiger charge is 2.13. The molecule has 7 heteroatoms. The SMILES string of the molecule is CCCOc1ccc(C(=O)N/N=C/c2cc(C)n(-c3ccc(C(=O)OC(C)C)cc3)c2C)cc1. The quantitative estimate of drug-likeness (QED) is 0.269. The van der Waals surface area contributed by atoms with E-state index in [4.69, 9.17) is 9.47 Å². The number of hydrogen-bond acceptors (Lipinski definition) is 5. The Hall–Kier alpha value is -3.87. The number of carbonyl (C=O) groups excluding carboxylic acids is 2. The van der Waals surface area contributed by atoms with Gasteiger partial charge in [-0.1, -0.05) is 6.92 Å². The highest BCUT2D eigenvalue weighted by Crippen LogP contribution is 2.21. The Kier molecular flexibility index (Phi) is 8.24. The summed E-state index contributed by atoms with van der Waals surface area (Å²) >= 11 is 0. The molecule has 0 radical (unpaired) electrons. The Morgan fingerprint density at radius 2 is 1.68 bits per heavy atom. The Morgan fingerprint density at radius 1 is 1.03 bits per heavy atom. The summed E-state index contributed by atoms with van der Waals surface area (Å²) in [5, 5.41) is 4.13. The average molecular weight is 462 g/mol. The first-order valence-corrected chi connectivity index (χ1v) is 11.4. The molecule has 1 N–H and O–H groups in total. The molecule has 178 valence electrons. The van der Waals surface area contributed by atoms with E-state index in [2.05, 4.69) is 15.1 Å². The van der Waals surface area contributed by atoms with Crippen LogP contribution in [0.5, 0.6) is 5.75 Å². The van der Waals surface area contributed by atoms with Gasteiger partial charge in [-0.05, 0) is 88.7 Å². The molecule has 1 amide bonds. The Morgan fingerprint density at radius 3 is 2.29 bits per heavy atom. The van der Waals surface area contributed by atoms with Crippen LogP contribution in [0.4, 0.5) is 0 Å². The first-order chi connectivity index (χ1) is 16.3. The van der Waals surface area contributed by atoms with Crippen molar-refractivity contribution in [2.75, 3.05) is 6.61 Å². The first kappa shape index (κ1) is 24.8. The van der Waals surface area contributed by atoms with Gasteiger partial charge in [0.2, 0.25) is 0 Å². The van der Waals surface area contributed by atoms with Gasteiger partial charge in [0, 0.05) is 28.2 Å². The van der Waals surface area contributed by atoms with Crippen LogP contribution in [-0.2, 0) is 4.74 Å². The van der Waals surface area contributed by atoms with Crippen LogP contribution >= 0.6 is 0 Å². The number of amides is 1. The van der Waals surface area contributed by atoms with Crippen molar-refractivity contribution >= 4 is 18.1 Å². The molecule has 1 heterocycles. The summed E-state index contributed by atoms with van der Waals surface area (Å²) in [5.41, 5.74) is 7.35. The number of hydrazone groups is 1. The van der Waals surface area contributed by atoms with Crippen molar-refractivity contribution in [3.05, 3.63) is 82.7 Å². The van der Waals surface area contributed by atoms with Gasteiger partial charge in [-0.2, -0.15) is 5.10 Å². The molecule has 34 heavy (non-hydrogen) atoms. The summed E-state index contributed by atoms with van der Waals surface area (Å²) in [6, 6.07) is 16.2. The molecule has 0 spiro atoms. The summed E-state index contributed by atoms with van der Waals surface area (Å²) < 4.78 is 12.9. The zero-order chi connectivity index (χ0) is 24.7. The van der Waals surface area contributed by atoms with Crippen LogP contribution in [0.1, 0.15) is 64.9 Å². The largest absolute Gasteiger partial charge is 0.494 e. The topological polar surface area (TPSA) is 81.9 Å². The molecule has 0 saturated carbocycles. The number of benzene rings is 2. The van der Waals surface area contributed by atoms with E-state index in [9.17, 15) is 9.59 Å². The third kappa shape index (κ3) is 6.13. The van der Waals surface area contributed by atoms with Gasteiger partial charge >= 0.3 is 5.97 Å². The second-order valence-corrected chi connectivity index (χ2v) is 8.23. The number of nitrogens with one attached hydrogen (secondary N) is 1. The summed E-state index contributed by atoms with van der Waals surface area (Å²) in [5.74, 6) is 0.101. The van der Waals surface area contributed by atoms with Crippen molar-refractivity contribution < 1.29 is 19.1 Å². The number of carbonyl (C=O) groups is 2. The van der Waals surface area contributed by atoms with Gasteiger partial charge in [-0.25, -0.2) is 10.2 Å². The molecule has 0 aliphatic heterocycles. The molecule has 0 fully saturated rings. The minimum Gasteiger partial charge on any atom is -0.494 e. The van der Waals surface area contributed by atoms with Crippen LogP contribution in [0.15, 0.2) is 59.7 Å². The average Bonchev–Trinajstić information content (AvgIpc) is 3.10. The molecule has 0 atom stereocenters. The number of nitrogens with zero attached hydrogens (tertiary/aromatic N) is 2. The van der Waals surface area contributed by atoms with E-state index < -0.39 is 0 Å². The van der Waals surface area contributed by atoms with Crippen molar-refractivity contribution in [2.24, 2.45) is 5.10 Å². The molecule has 3 aromatic rings. The number of ether oxygens (including phenoxy) is 2. The zero-order valence-corrected chi connectivity index (χ0v) is 20.3. The number of aryl methyl sites for hydroxylation is 1. The van der Waals surface area contributed by atoms with Crippen molar-refractivity contribution in [3.8, 4) is 11.4 Å². The van der Waals surface area contributed by atoms with Crippen LogP contribution in [-0.4, -0.2) is 35.4 Å². The fraction of sp³-hybridized carbons (Fsp3) is 0.296. The molecule has 1 aromatic heterocycles. The molecule has 7 nitrogen and oxygen atoms in total. The van der Waals surface area contributed by atoms with Crippen LogP contribution in [0.25, 0.3) is 5.69 Å². The molecule has 2 aromatic carbocycles. The van der Waals surface area contributed by atoms with Crippen LogP contribution in [0.2, 0.25) is 0 Å². The summed E-state index contributed by atoms with van der Waals surface area (Å²) in [4.78, 5) is 24.5. The molecule has 0 aliphatic carbocycles. The van der Waals surface area contributed by atoms with Gasteiger partial charge in [-0.3, -0.25) is 4.79 Å². The minimum absolute atomic E-state index is 0.164. The lowest BCUT2D eigenvalue weighted by Crippen LogP contribution is -2.17. The van der Waals surface area contributed by atoms with E-state index in [0.717, 1.165) is 34.8 Å². The molecule has 3 rings (SSSR count). The maximum Gasteiger partial charge on any atom is 0.338 e. The third-order valence-corrected chi connectivity index (χ3v) is 5.13. The van der Waals surface area contributed by atoms with Gasteiger partial charge in [0.1, 0.15) is 5.75 Å². The maximum atomic E-state index is 12.4. The molecule has 0 unspecified atom stereocenters. The summed E-state index contributed by atoms with van der Waals surface area (Å²) in [6.07, 6.45) is 2.39. The predicted molar refractivity (Wildman–Crippen MR) is 133 cm³/mol. The third-order valence-electron chi connectivity index (χ3n) is 5.13. The van der Waals surface area contributed by atoms with Gasteiger partial charge in [-0.15, -0.1) is 0 Å². The normalized spacial score (nSPS) is 11.1. The number of esters is 1. The lowest BCUT2D eigenvalue weighted by Gasteiger charge is -2.11. The fourth-order valence-corrected chi connectivity index (χ4v) is 3.49. The number of aromatic nitrogens is 1. The van der Waals surface area contributed by atoms with Crippen molar-refractivity contribution in [2.45, 2.75) is 47.1 Å². The minimum atomic E-state index is -0.339. The maximum absolute atomic E-state index is 12.4. The molecule has 0 bridgehead atoms.